The van der Waals surface area contributed by atoms with E-state index in [-0.39, 0.29) is 5.69 Å². The van der Waals surface area contributed by atoms with Crippen LogP contribution in [0.2, 0.25) is 0 Å². The zero-order valence-corrected chi connectivity index (χ0v) is 9.57. The Labute approximate surface area is 96.4 Å². The molecular formula is C10H11N3O2S. The van der Waals surface area contributed by atoms with Gasteiger partial charge in [-0.15, -0.1) is 11.3 Å². The quantitative estimate of drug-likeness (QED) is 0.884. The van der Waals surface area contributed by atoms with Crippen LogP contribution in [0.1, 0.15) is 23.8 Å². The second kappa shape index (κ2) is 4.44. The molecular weight excluding hydrogens is 226 g/mol. The number of aromatic nitrogens is 3. The second-order valence-corrected chi connectivity index (χ2v) is 4.14. The van der Waals surface area contributed by atoms with Crippen LogP contribution >= 0.6 is 11.3 Å². The maximum Gasteiger partial charge on any atom is 0.355 e. The average Bonchev–Trinajstić information content (AvgIpc) is 2.84. The molecule has 5 nitrogen and oxygen atoms in total. The Balaban J connectivity index is 2.34. The van der Waals surface area contributed by atoms with Crippen molar-refractivity contribution >= 4 is 17.3 Å². The Hall–Kier alpha value is -1.69. The normalized spacial score (nSPS) is 10.6. The molecule has 2 rings (SSSR count). The van der Waals surface area contributed by atoms with Gasteiger partial charge in [0.1, 0.15) is 5.01 Å². The van der Waals surface area contributed by atoms with E-state index in [1.807, 2.05) is 10.7 Å². The van der Waals surface area contributed by atoms with Crippen molar-refractivity contribution in [3.8, 4) is 10.7 Å². The minimum absolute atomic E-state index is 0.0873. The summed E-state index contributed by atoms with van der Waals surface area (Å²) in [6.45, 7) is 2.88. The highest BCUT2D eigenvalue weighted by atomic mass is 32.1. The molecule has 16 heavy (non-hydrogen) atoms. The summed E-state index contributed by atoms with van der Waals surface area (Å²) in [6.07, 6.45) is 2.68. The van der Waals surface area contributed by atoms with Crippen molar-refractivity contribution in [2.45, 2.75) is 19.9 Å². The fraction of sp³-hybridized carbons (Fsp3) is 0.300. The Kier molecular flexibility index (Phi) is 3.00. The van der Waals surface area contributed by atoms with Crippen molar-refractivity contribution in [3.05, 3.63) is 23.3 Å². The summed E-state index contributed by atoms with van der Waals surface area (Å²) >= 11 is 1.32. The van der Waals surface area contributed by atoms with Crippen LogP contribution in [0.15, 0.2) is 17.6 Å². The van der Waals surface area contributed by atoms with Crippen LogP contribution in [0.5, 0.6) is 0 Å². The van der Waals surface area contributed by atoms with Gasteiger partial charge in [0, 0.05) is 18.1 Å². The highest BCUT2D eigenvalue weighted by Crippen LogP contribution is 2.23. The van der Waals surface area contributed by atoms with E-state index in [1.54, 1.807) is 11.6 Å². The molecule has 2 aromatic rings. The lowest BCUT2D eigenvalue weighted by Crippen LogP contribution is -2.01. The molecule has 0 bridgehead atoms. The lowest BCUT2D eigenvalue weighted by atomic mass is 10.4. The number of hydrogen-bond donors (Lipinski definition) is 1. The highest BCUT2D eigenvalue weighted by Gasteiger charge is 2.12. The SMILES string of the molecule is CCCn1nccc1-c1nc(C(=O)O)cs1. The van der Waals surface area contributed by atoms with E-state index in [1.165, 1.54) is 11.3 Å². The molecule has 1 N–H and O–H groups in total. The van der Waals surface area contributed by atoms with E-state index in [4.69, 9.17) is 5.11 Å². The number of carboxylic acid groups (broad SMARTS) is 1. The van der Waals surface area contributed by atoms with Gasteiger partial charge in [0.25, 0.3) is 0 Å². The first-order chi connectivity index (χ1) is 7.72. The van der Waals surface area contributed by atoms with E-state index in [2.05, 4.69) is 17.0 Å². The number of thiazole rings is 1. The average molecular weight is 237 g/mol. The molecule has 0 aliphatic heterocycles. The molecule has 0 spiro atoms. The Morgan fingerprint density at radius 3 is 3.06 bits per heavy atom. The molecule has 2 heterocycles. The molecule has 0 radical (unpaired) electrons. The van der Waals surface area contributed by atoms with Crippen molar-refractivity contribution in [2.24, 2.45) is 0 Å². The summed E-state index contributed by atoms with van der Waals surface area (Å²) in [5.41, 5.74) is 0.962. The summed E-state index contributed by atoms with van der Waals surface area (Å²) in [5.74, 6) is -0.996. The molecule has 0 atom stereocenters. The predicted molar refractivity (Wildman–Crippen MR) is 60.6 cm³/mol. The van der Waals surface area contributed by atoms with Gasteiger partial charge in [-0.1, -0.05) is 6.92 Å². The van der Waals surface area contributed by atoms with E-state index in [0.717, 1.165) is 18.7 Å². The highest BCUT2D eigenvalue weighted by molar-refractivity contribution is 7.13. The summed E-state index contributed by atoms with van der Waals surface area (Å²) in [6, 6.07) is 1.85. The summed E-state index contributed by atoms with van der Waals surface area (Å²) < 4.78 is 1.84. The van der Waals surface area contributed by atoms with Crippen LogP contribution in [0.25, 0.3) is 10.7 Å². The zero-order valence-electron chi connectivity index (χ0n) is 8.75. The third kappa shape index (κ3) is 1.96. The van der Waals surface area contributed by atoms with E-state index >= 15 is 0 Å². The Morgan fingerprint density at radius 2 is 2.44 bits per heavy atom. The molecule has 0 saturated carbocycles. The lowest BCUT2D eigenvalue weighted by Gasteiger charge is -2.02. The van der Waals surface area contributed by atoms with Crippen LogP contribution in [-0.2, 0) is 6.54 Å². The molecule has 84 valence electrons. The lowest BCUT2D eigenvalue weighted by molar-refractivity contribution is 0.0691. The van der Waals surface area contributed by atoms with Crippen molar-refractivity contribution < 1.29 is 9.90 Å². The number of hydrogen-bond acceptors (Lipinski definition) is 4. The van der Waals surface area contributed by atoms with Crippen LogP contribution in [0.4, 0.5) is 0 Å². The first-order valence-electron chi connectivity index (χ1n) is 4.93. The molecule has 0 unspecified atom stereocenters. The number of rotatable bonds is 4. The van der Waals surface area contributed by atoms with E-state index < -0.39 is 5.97 Å². The van der Waals surface area contributed by atoms with Crippen LogP contribution < -0.4 is 0 Å². The fourth-order valence-corrected chi connectivity index (χ4v) is 2.22. The van der Waals surface area contributed by atoms with Gasteiger partial charge < -0.3 is 5.11 Å². The molecule has 0 fully saturated rings. The minimum Gasteiger partial charge on any atom is -0.476 e. The van der Waals surface area contributed by atoms with Gasteiger partial charge in [-0.2, -0.15) is 5.10 Å². The maximum absolute atomic E-state index is 10.7. The van der Waals surface area contributed by atoms with Gasteiger partial charge in [0.15, 0.2) is 5.69 Å². The molecule has 0 aliphatic rings. The number of aryl methyl sites for hydroxylation is 1. The number of aromatic carboxylic acids is 1. The summed E-state index contributed by atoms with van der Waals surface area (Å²) in [5, 5.41) is 15.2. The number of carboxylic acids is 1. The Morgan fingerprint density at radius 1 is 1.62 bits per heavy atom. The molecule has 0 amide bonds. The van der Waals surface area contributed by atoms with E-state index in [9.17, 15) is 4.79 Å². The number of carbonyl (C=O) groups is 1. The van der Waals surface area contributed by atoms with Gasteiger partial charge in [0.05, 0.1) is 5.69 Å². The first kappa shape index (κ1) is 10.8. The standard InChI is InChI=1S/C10H11N3O2S/c1-2-5-13-8(3-4-11-13)9-12-7(6-16-9)10(14)15/h3-4,6H,2,5H2,1H3,(H,14,15). The summed E-state index contributed by atoms with van der Waals surface area (Å²) in [4.78, 5) is 14.8. The molecule has 6 heteroatoms. The third-order valence-electron chi connectivity index (χ3n) is 2.09. The monoisotopic (exact) mass is 237 g/mol. The Bertz CT molecular complexity index is 504. The first-order valence-corrected chi connectivity index (χ1v) is 5.81. The van der Waals surface area contributed by atoms with Crippen molar-refractivity contribution in [2.75, 3.05) is 0 Å². The third-order valence-corrected chi connectivity index (χ3v) is 2.96. The second-order valence-electron chi connectivity index (χ2n) is 3.28. The largest absolute Gasteiger partial charge is 0.476 e. The van der Waals surface area contributed by atoms with Gasteiger partial charge in [0.2, 0.25) is 0 Å². The molecule has 0 aromatic carbocycles. The van der Waals surface area contributed by atoms with Crippen molar-refractivity contribution in [1.82, 2.24) is 14.8 Å². The van der Waals surface area contributed by atoms with Crippen LogP contribution in [-0.4, -0.2) is 25.8 Å². The van der Waals surface area contributed by atoms with Crippen molar-refractivity contribution in [1.29, 1.82) is 0 Å². The topological polar surface area (TPSA) is 68.0 Å². The zero-order chi connectivity index (χ0) is 11.5. The van der Waals surface area contributed by atoms with Crippen LogP contribution in [0.3, 0.4) is 0 Å². The summed E-state index contributed by atoms with van der Waals surface area (Å²) in [7, 11) is 0. The minimum atomic E-state index is -0.996. The molecule has 0 saturated heterocycles. The van der Waals surface area contributed by atoms with Gasteiger partial charge in [-0.3, -0.25) is 4.68 Å². The number of nitrogens with zero attached hydrogens (tertiary/aromatic N) is 3. The van der Waals surface area contributed by atoms with Crippen molar-refractivity contribution in [3.63, 3.8) is 0 Å². The predicted octanol–water partition coefficient (Wildman–Crippen LogP) is 2.11. The molecule has 0 aliphatic carbocycles. The van der Waals surface area contributed by atoms with Crippen LogP contribution in [0, 0.1) is 0 Å². The maximum atomic E-state index is 10.7. The van der Waals surface area contributed by atoms with E-state index in [0.29, 0.717) is 5.01 Å². The molecule has 2 aromatic heterocycles. The van der Waals surface area contributed by atoms with Gasteiger partial charge in [-0.05, 0) is 12.5 Å². The fourth-order valence-electron chi connectivity index (χ4n) is 1.39. The van der Waals surface area contributed by atoms with Gasteiger partial charge in [-0.25, -0.2) is 9.78 Å². The smallest absolute Gasteiger partial charge is 0.355 e. The van der Waals surface area contributed by atoms with Gasteiger partial charge >= 0.3 is 5.97 Å².